The van der Waals surface area contributed by atoms with Gasteiger partial charge in [-0.1, -0.05) is 30.3 Å². The molecule has 0 atom stereocenters. The highest BCUT2D eigenvalue weighted by Gasteiger charge is 2.25. The maximum atomic E-state index is 12.8. The molecule has 1 fully saturated rings. The molecule has 0 radical (unpaired) electrons. The molecule has 1 heterocycles. The van der Waals surface area contributed by atoms with Crippen molar-refractivity contribution in [2.45, 2.75) is 25.8 Å². The number of hydrogen-bond donors (Lipinski definition) is 2. The summed E-state index contributed by atoms with van der Waals surface area (Å²) in [6.07, 6.45) is 2.08. The third kappa shape index (κ3) is 7.78. The van der Waals surface area contributed by atoms with Crippen LogP contribution < -0.4 is 24.8 Å². The molecule has 196 valence electrons. The standard InChI is InChI=1S/C27H38N4O5/c1-30(19-21-8-6-5-7-9-21)15-12-28-25(32)16-20-10-13-31(14-11-20)27(33)29-22-17-23(34-2)26(36-4)24(18-22)35-3/h5-9,17-18,20H,10-16,19H2,1-4H3,(H,28,32)(H,29,33). The van der Waals surface area contributed by atoms with E-state index in [9.17, 15) is 9.59 Å². The Morgan fingerprint density at radius 2 is 1.64 bits per heavy atom. The van der Waals surface area contributed by atoms with Gasteiger partial charge in [0.25, 0.3) is 0 Å². The molecule has 0 aromatic heterocycles. The summed E-state index contributed by atoms with van der Waals surface area (Å²) in [7, 11) is 6.66. The van der Waals surface area contributed by atoms with Crippen molar-refractivity contribution in [2.75, 3.05) is 59.9 Å². The number of piperidine rings is 1. The fourth-order valence-electron chi connectivity index (χ4n) is 4.39. The van der Waals surface area contributed by atoms with Gasteiger partial charge in [0, 0.05) is 51.3 Å². The van der Waals surface area contributed by atoms with Gasteiger partial charge in [-0.05, 0) is 31.4 Å². The van der Waals surface area contributed by atoms with Crippen LogP contribution in [0.1, 0.15) is 24.8 Å². The molecule has 9 nitrogen and oxygen atoms in total. The molecular weight excluding hydrogens is 460 g/mol. The van der Waals surface area contributed by atoms with Crippen molar-refractivity contribution in [2.24, 2.45) is 5.92 Å². The van der Waals surface area contributed by atoms with Gasteiger partial charge < -0.3 is 34.6 Å². The maximum Gasteiger partial charge on any atom is 0.321 e. The fourth-order valence-corrected chi connectivity index (χ4v) is 4.39. The number of amides is 3. The summed E-state index contributed by atoms with van der Waals surface area (Å²) in [5.74, 6) is 1.77. The normalized spacial score (nSPS) is 13.9. The van der Waals surface area contributed by atoms with E-state index in [1.54, 1.807) is 17.0 Å². The number of likely N-dealkylation sites (N-methyl/N-ethyl adjacent to an activating group) is 1. The van der Waals surface area contributed by atoms with Crippen LogP contribution >= 0.6 is 0 Å². The number of hydrogen-bond acceptors (Lipinski definition) is 6. The Balaban J connectivity index is 1.38. The van der Waals surface area contributed by atoms with Crippen molar-refractivity contribution < 1.29 is 23.8 Å². The van der Waals surface area contributed by atoms with Crippen LogP contribution in [0, 0.1) is 5.92 Å². The number of carbonyl (C=O) groups is 2. The molecule has 36 heavy (non-hydrogen) atoms. The molecule has 2 aromatic rings. The van der Waals surface area contributed by atoms with E-state index in [0.717, 1.165) is 25.9 Å². The molecular formula is C27H38N4O5. The van der Waals surface area contributed by atoms with Gasteiger partial charge in [0.1, 0.15) is 0 Å². The van der Waals surface area contributed by atoms with Gasteiger partial charge in [0.2, 0.25) is 11.7 Å². The summed E-state index contributed by atoms with van der Waals surface area (Å²) in [4.78, 5) is 29.2. The molecule has 9 heteroatoms. The summed E-state index contributed by atoms with van der Waals surface area (Å²) < 4.78 is 16.0. The van der Waals surface area contributed by atoms with Gasteiger partial charge in [0.05, 0.1) is 27.0 Å². The average molecular weight is 499 g/mol. The number of nitrogens with zero attached hydrogens (tertiary/aromatic N) is 2. The Kier molecular flexibility index (Phi) is 10.2. The quantitative estimate of drug-likeness (QED) is 0.492. The number of methoxy groups -OCH3 is 3. The lowest BCUT2D eigenvalue weighted by atomic mass is 9.93. The molecule has 1 saturated heterocycles. The van der Waals surface area contributed by atoms with Crippen LogP contribution in [0.4, 0.5) is 10.5 Å². The number of carbonyl (C=O) groups excluding carboxylic acids is 2. The van der Waals surface area contributed by atoms with E-state index in [0.29, 0.717) is 49.0 Å². The first-order valence-corrected chi connectivity index (χ1v) is 12.3. The first kappa shape index (κ1) is 27.1. The lowest BCUT2D eigenvalue weighted by Gasteiger charge is -2.32. The van der Waals surface area contributed by atoms with Gasteiger partial charge in [0.15, 0.2) is 11.5 Å². The Hall–Kier alpha value is -3.46. The van der Waals surface area contributed by atoms with Crippen LogP contribution in [0.3, 0.4) is 0 Å². The minimum atomic E-state index is -0.186. The zero-order valence-electron chi connectivity index (χ0n) is 21.7. The van der Waals surface area contributed by atoms with E-state index < -0.39 is 0 Å². The minimum absolute atomic E-state index is 0.0726. The third-order valence-electron chi connectivity index (χ3n) is 6.40. The molecule has 1 aliphatic heterocycles. The summed E-state index contributed by atoms with van der Waals surface area (Å²) >= 11 is 0. The molecule has 2 aromatic carbocycles. The summed E-state index contributed by atoms with van der Waals surface area (Å²) in [5, 5.41) is 5.95. The first-order valence-electron chi connectivity index (χ1n) is 12.3. The lowest BCUT2D eigenvalue weighted by molar-refractivity contribution is -0.122. The zero-order chi connectivity index (χ0) is 25.9. The van der Waals surface area contributed by atoms with E-state index in [4.69, 9.17) is 14.2 Å². The Labute approximate surface area is 213 Å². The van der Waals surface area contributed by atoms with Gasteiger partial charge in [-0.3, -0.25) is 4.79 Å². The molecule has 3 rings (SSSR count). The van der Waals surface area contributed by atoms with E-state index in [1.807, 2.05) is 18.2 Å². The highest BCUT2D eigenvalue weighted by Crippen LogP contribution is 2.40. The zero-order valence-corrected chi connectivity index (χ0v) is 21.7. The van der Waals surface area contributed by atoms with Crippen molar-refractivity contribution in [1.29, 1.82) is 0 Å². The van der Waals surface area contributed by atoms with E-state index in [-0.39, 0.29) is 17.9 Å². The van der Waals surface area contributed by atoms with Crippen LogP contribution in [0.25, 0.3) is 0 Å². The van der Waals surface area contributed by atoms with Crippen LogP contribution in [-0.2, 0) is 11.3 Å². The molecule has 0 aliphatic carbocycles. The first-order chi connectivity index (χ1) is 17.4. The van der Waals surface area contributed by atoms with E-state index >= 15 is 0 Å². The molecule has 0 unspecified atom stereocenters. The monoisotopic (exact) mass is 498 g/mol. The molecule has 1 aliphatic rings. The van der Waals surface area contributed by atoms with Crippen molar-refractivity contribution >= 4 is 17.6 Å². The van der Waals surface area contributed by atoms with E-state index in [2.05, 4.69) is 34.7 Å². The number of benzene rings is 2. The van der Waals surface area contributed by atoms with Crippen LogP contribution in [0.15, 0.2) is 42.5 Å². The van der Waals surface area contributed by atoms with Crippen molar-refractivity contribution in [3.05, 3.63) is 48.0 Å². The minimum Gasteiger partial charge on any atom is -0.493 e. The van der Waals surface area contributed by atoms with E-state index in [1.165, 1.54) is 26.9 Å². The smallest absolute Gasteiger partial charge is 0.321 e. The van der Waals surface area contributed by atoms with Crippen LogP contribution in [-0.4, -0.2) is 76.3 Å². The SMILES string of the molecule is COc1cc(NC(=O)N2CCC(CC(=O)NCCN(C)Cc3ccccc3)CC2)cc(OC)c1OC. The Morgan fingerprint density at radius 3 is 2.22 bits per heavy atom. The predicted octanol–water partition coefficient (Wildman–Crippen LogP) is 3.59. The highest BCUT2D eigenvalue weighted by atomic mass is 16.5. The Morgan fingerprint density at radius 1 is 1.00 bits per heavy atom. The second-order valence-corrected chi connectivity index (χ2v) is 9.05. The Bertz CT molecular complexity index is 968. The van der Waals surface area contributed by atoms with Gasteiger partial charge in [-0.25, -0.2) is 4.79 Å². The van der Waals surface area contributed by atoms with Gasteiger partial charge in [-0.2, -0.15) is 0 Å². The number of ether oxygens (including phenoxy) is 3. The summed E-state index contributed by atoms with van der Waals surface area (Å²) in [6.45, 7) is 3.48. The van der Waals surface area contributed by atoms with Crippen molar-refractivity contribution in [3.63, 3.8) is 0 Å². The van der Waals surface area contributed by atoms with Gasteiger partial charge >= 0.3 is 6.03 Å². The number of nitrogens with one attached hydrogen (secondary N) is 2. The molecule has 3 amide bonds. The van der Waals surface area contributed by atoms with Crippen LogP contribution in [0.5, 0.6) is 17.2 Å². The number of likely N-dealkylation sites (tertiary alicyclic amines) is 1. The summed E-state index contributed by atoms with van der Waals surface area (Å²) in [6, 6.07) is 13.5. The van der Waals surface area contributed by atoms with Crippen molar-refractivity contribution in [1.82, 2.24) is 15.1 Å². The molecule has 0 spiro atoms. The average Bonchev–Trinajstić information content (AvgIpc) is 2.89. The molecule has 0 saturated carbocycles. The maximum absolute atomic E-state index is 12.8. The van der Waals surface area contributed by atoms with Gasteiger partial charge in [-0.15, -0.1) is 0 Å². The third-order valence-corrected chi connectivity index (χ3v) is 6.40. The van der Waals surface area contributed by atoms with Crippen molar-refractivity contribution in [3.8, 4) is 17.2 Å². The topological polar surface area (TPSA) is 92.4 Å². The fraction of sp³-hybridized carbons (Fsp3) is 0.481. The van der Waals surface area contributed by atoms with Crippen LogP contribution in [0.2, 0.25) is 0 Å². The largest absolute Gasteiger partial charge is 0.493 e. The molecule has 2 N–H and O–H groups in total. The number of urea groups is 1. The predicted molar refractivity (Wildman–Crippen MR) is 140 cm³/mol. The number of anilines is 1. The second-order valence-electron chi connectivity index (χ2n) is 9.05. The lowest BCUT2D eigenvalue weighted by Crippen LogP contribution is -2.42. The molecule has 0 bridgehead atoms. The summed E-state index contributed by atoms with van der Waals surface area (Å²) in [5.41, 5.74) is 1.82. The number of rotatable bonds is 11. The second kappa shape index (κ2) is 13.6. The highest BCUT2D eigenvalue weighted by molar-refractivity contribution is 5.90.